The number of benzene rings is 1. The number of carbonyl (C=O) groups excluding carboxylic acids is 2. The molecule has 0 atom stereocenters. The van der Waals surface area contributed by atoms with Gasteiger partial charge in [-0.2, -0.15) is 0 Å². The van der Waals surface area contributed by atoms with Gasteiger partial charge in [0.05, 0.1) is 5.69 Å². The van der Waals surface area contributed by atoms with Crippen LogP contribution in [0.4, 0.5) is 5.69 Å². The average Bonchev–Trinajstić information content (AvgIpc) is 3.24. The molecule has 24 heavy (non-hydrogen) atoms. The Morgan fingerprint density at radius 2 is 2.17 bits per heavy atom. The van der Waals surface area contributed by atoms with Crippen molar-refractivity contribution in [3.05, 3.63) is 40.4 Å². The van der Waals surface area contributed by atoms with Gasteiger partial charge in [-0.15, -0.1) is 5.10 Å². The molecule has 0 bridgehead atoms. The van der Waals surface area contributed by atoms with Gasteiger partial charge in [-0.3, -0.25) is 9.59 Å². The molecule has 1 aromatic heterocycles. The van der Waals surface area contributed by atoms with Crippen molar-refractivity contribution in [1.29, 1.82) is 0 Å². The molecule has 0 unspecified atom stereocenters. The molecule has 7 heteroatoms. The first-order chi connectivity index (χ1) is 11.7. The molecule has 6 nitrogen and oxygen atoms in total. The van der Waals surface area contributed by atoms with Crippen LogP contribution in [0.25, 0.3) is 0 Å². The fraction of sp³-hybridized carbons (Fsp3) is 0.412. The zero-order chi connectivity index (χ0) is 16.9. The number of anilines is 1. The van der Waals surface area contributed by atoms with Crippen molar-refractivity contribution in [1.82, 2.24) is 14.9 Å². The summed E-state index contributed by atoms with van der Waals surface area (Å²) in [7, 11) is 0. The third-order valence-corrected chi connectivity index (χ3v) is 4.90. The van der Waals surface area contributed by atoms with Crippen molar-refractivity contribution in [3.63, 3.8) is 0 Å². The summed E-state index contributed by atoms with van der Waals surface area (Å²) in [5, 5.41) is 6.78. The summed E-state index contributed by atoms with van der Waals surface area (Å²) in [5.74, 6) is -0.0382. The average molecular weight is 344 g/mol. The molecule has 1 N–H and O–H groups in total. The Morgan fingerprint density at radius 1 is 1.33 bits per heavy atom. The van der Waals surface area contributed by atoms with Gasteiger partial charge in [0.2, 0.25) is 5.91 Å². The maximum atomic E-state index is 12.4. The van der Waals surface area contributed by atoms with Crippen LogP contribution >= 0.6 is 11.5 Å². The Labute approximate surface area is 145 Å². The molecule has 126 valence electrons. The van der Waals surface area contributed by atoms with E-state index >= 15 is 0 Å². The molecule has 2 amide bonds. The Hall–Kier alpha value is -2.28. The van der Waals surface area contributed by atoms with Crippen LogP contribution in [-0.2, 0) is 17.6 Å². The second-order valence-electron chi connectivity index (χ2n) is 5.69. The molecule has 0 spiro atoms. The highest BCUT2D eigenvalue weighted by Gasteiger charge is 2.23. The summed E-state index contributed by atoms with van der Waals surface area (Å²) >= 11 is 1.11. The van der Waals surface area contributed by atoms with Crippen LogP contribution < -0.4 is 10.2 Å². The summed E-state index contributed by atoms with van der Waals surface area (Å²) in [5.41, 5.74) is 2.97. The fourth-order valence-electron chi connectivity index (χ4n) is 2.87. The number of hydrogen-bond donors (Lipinski definition) is 1. The molecule has 0 radical (unpaired) electrons. The maximum absolute atomic E-state index is 12.4. The minimum atomic E-state index is -0.152. The molecule has 2 aromatic rings. The van der Waals surface area contributed by atoms with Gasteiger partial charge in [0.1, 0.15) is 4.88 Å². The van der Waals surface area contributed by atoms with E-state index in [1.54, 1.807) is 0 Å². The van der Waals surface area contributed by atoms with Crippen molar-refractivity contribution >= 4 is 29.0 Å². The zero-order valence-electron chi connectivity index (χ0n) is 13.6. The monoisotopic (exact) mass is 344 g/mol. The normalized spacial score (nSPS) is 13.0. The van der Waals surface area contributed by atoms with E-state index in [-0.39, 0.29) is 11.8 Å². The van der Waals surface area contributed by atoms with Gasteiger partial charge in [0, 0.05) is 25.2 Å². The van der Waals surface area contributed by atoms with Crippen molar-refractivity contribution in [2.24, 2.45) is 0 Å². The van der Waals surface area contributed by atoms with Crippen LogP contribution in [0.5, 0.6) is 0 Å². The number of fused-ring (bicyclic) bond motifs is 1. The Balaban J connectivity index is 1.46. The zero-order valence-corrected chi connectivity index (χ0v) is 14.4. The minimum absolute atomic E-state index is 0.114. The summed E-state index contributed by atoms with van der Waals surface area (Å²) < 4.78 is 3.81. The summed E-state index contributed by atoms with van der Waals surface area (Å²) in [6.45, 7) is 3.16. The highest BCUT2D eigenvalue weighted by molar-refractivity contribution is 7.08. The number of nitrogens with zero attached hydrogens (tertiary/aromatic N) is 3. The first kappa shape index (κ1) is 16.6. The van der Waals surface area contributed by atoms with E-state index in [0.29, 0.717) is 30.7 Å². The first-order valence-corrected chi connectivity index (χ1v) is 8.95. The van der Waals surface area contributed by atoms with Crippen LogP contribution in [0.15, 0.2) is 24.3 Å². The Kier molecular flexibility index (Phi) is 5.20. The number of hydrogen-bond acceptors (Lipinski definition) is 5. The molecule has 3 rings (SSSR count). The van der Waals surface area contributed by atoms with E-state index in [2.05, 4.69) is 21.0 Å². The minimum Gasteiger partial charge on any atom is -0.351 e. The van der Waals surface area contributed by atoms with Gasteiger partial charge in [0.15, 0.2) is 0 Å². The predicted octanol–water partition coefficient (Wildman–Crippen LogP) is 2.20. The fourth-order valence-corrected chi connectivity index (χ4v) is 3.53. The number of rotatable bonds is 6. The highest BCUT2D eigenvalue weighted by atomic mass is 32.1. The van der Waals surface area contributed by atoms with E-state index in [1.807, 2.05) is 30.0 Å². The van der Waals surface area contributed by atoms with Gasteiger partial charge in [-0.05, 0) is 42.4 Å². The van der Waals surface area contributed by atoms with Crippen molar-refractivity contribution in [2.45, 2.75) is 32.6 Å². The Morgan fingerprint density at radius 3 is 3.00 bits per heavy atom. The van der Waals surface area contributed by atoms with E-state index in [9.17, 15) is 9.59 Å². The first-order valence-electron chi connectivity index (χ1n) is 8.18. The number of nitrogens with one attached hydrogen (secondary N) is 1. The number of para-hydroxylation sites is 1. The second kappa shape index (κ2) is 7.53. The summed E-state index contributed by atoms with van der Waals surface area (Å²) in [6.07, 6.45) is 2.65. The van der Waals surface area contributed by atoms with Crippen LogP contribution in [0.3, 0.4) is 0 Å². The molecule has 2 heterocycles. The number of carbonyl (C=O) groups is 2. The standard InChI is InChI=1S/C17H20N4O2S/c1-2-13-16(24-20-19-13)17(23)18-10-5-8-15(22)21-11-9-12-6-3-4-7-14(12)21/h3-4,6-7H,2,5,8-11H2,1H3,(H,18,23). The summed E-state index contributed by atoms with van der Waals surface area (Å²) in [6, 6.07) is 8.02. The van der Waals surface area contributed by atoms with Gasteiger partial charge in [0.25, 0.3) is 5.91 Å². The van der Waals surface area contributed by atoms with E-state index in [0.717, 1.165) is 35.9 Å². The Bertz CT molecular complexity index is 744. The molecular formula is C17H20N4O2S. The van der Waals surface area contributed by atoms with E-state index in [1.165, 1.54) is 5.56 Å². The molecule has 0 saturated heterocycles. The highest BCUT2D eigenvalue weighted by Crippen LogP contribution is 2.27. The van der Waals surface area contributed by atoms with Gasteiger partial charge < -0.3 is 10.2 Å². The topological polar surface area (TPSA) is 75.2 Å². The summed E-state index contributed by atoms with van der Waals surface area (Å²) in [4.78, 5) is 26.9. The third kappa shape index (κ3) is 3.46. The SMILES string of the molecule is CCc1nnsc1C(=O)NCCCC(=O)N1CCc2ccccc21. The lowest BCUT2D eigenvalue weighted by atomic mass is 10.2. The maximum Gasteiger partial charge on any atom is 0.264 e. The molecule has 1 aromatic carbocycles. The lowest BCUT2D eigenvalue weighted by Gasteiger charge is -2.17. The van der Waals surface area contributed by atoms with Crippen LogP contribution in [0, 0.1) is 0 Å². The van der Waals surface area contributed by atoms with E-state index < -0.39 is 0 Å². The molecule has 0 aliphatic carbocycles. The quantitative estimate of drug-likeness (QED) is 0.815. The second-order valence-corrected chi connectivity index (χ2v) is 6.44. The van der Waals surface area contributed by atoms with Gasteiger partial charge in [-0.25, -0.2) is 0 Å². The van der Waals surface area contributed by atoms with Crippen molar-refractivity contribution in [3.8, 4) is 0 Å². The lowest BCUT2D eigenvalue weighted by Crippen LogP contribution is -2.30. The van der Waals surface area contributed by atoms with Crippen LogP contribution in [0.1, 0.15) is 40.7 Å². The lowest BCUT2D eigenvalue weighted by molar-refractivity contribution is -0.118. The largest absolute Gasteiger partial charge is 0.351 e. The molecule has 1 aliphatic heterocycles. The van der Waals surface area contributed by atoms with Crippen LogP contribution in [0.2, 0.25) is 0 Å². The van der Waals surface area contributed by atoms with Crippen LogP contribution in [-0.4, -0.2) is 34.5 Å². The predicted molar refractivity (Wildman–Crippen MR) is 93.4 cm³/mol. The van der Waals surface area contributed by atoms with Crippen molar-refractivity contribution in [2.75, 3.05) is 18.0 Å². The molecule has 0 fully saturated rings. The molecule has 0 saturated carbocycles. The van der Waals surface area contributed by atoms with Gasteiger partial charge in [-0.1, -0.05) is 29.6 Å². The van der Waals surface area contributed by atoms with Crippen molar-refractivity contribution < 1.29 is 9.59 Å². The molecule has 1 aliphatic rings. The number of amides is 2. The number of aromatic nitrogens is 2. The van der Waals surface area contributed by atoms with Gasteiger partial charge >= 0.3 is 0 Å². The van der Waals surface area contributed by atoms with E-state index in [4.69, 9.17) is 0 Å². The number of aryl methyl sites for hydroxylation is 1. The smallest absolute Gasteiger partial charge is 0.264 e. The third-order valence-electron chi connectivity index (χ3n) is 4.14. The molecular weight excluding hydrogens is 324 g/mol.